The van der Waals surface area contributed by atoms with Crippen LogP contribution in [0.5, 0.6) is 0 Å². The van der Waals surface area contributed by atoms with E-state index in [-0.39, 0.29) is 31.0 Å². The minimum absolute atomic E-state index is 0.0980. The van der Waals surface area contributed by atoms with Crippen molar-refractivity contribution in [3.63, 3.8) is 0 Å². The van der Waals surface area contributed by atoms with Gasteiger partial charge in [0.1, 0.15) is 5.82 Å². The monoisotopic (exact) mass is 224 g/mol. The van der Waals surface area contributed by atoms with Gasteiger partial charge in [-0.2, -0.15) is 0 Å². The first-order valence-corrected chi connectivity index (χ1v) is 5.13. The van der Waals surface area contributed by atoms with Crippen LogP contribution in [0.1, 0.15) is 11.6 Å². The fourth-order valence-electron chi connectivity index (χ4n) is 1.91. The van der Waals surface area contributed by atoms with Crippen molar-refractivity contribution < 1.29 is 14.3 Å². The molecule has 1 unspecified atom stereocenters. The zero-order valence-electron chi connectivity index (χ0n) is 8.69. The Bertz CT molecular complexity index is 397. The lowest BCUT2D eigenvalue weighted by Crippen LogP contribution is -2.32. The van der Waals surface area contributed by atoms with E-state index in [9.17, 15) is 9.18 Å². The molecule has 0 aliphatic carbocycles. The first kappa shape index (κ1) is 10.9. The van der Waals surface area contributed by atoms with Crippen molar-refractivity contribution >= 4 is 6.03 Å². The minimum atomic E-state index is -0.319. The molecule has 2 rings (SSSR count). The molecule has 0 spiro atoms. The molecule has 1 saturated heterocycles. The Labute approximate surface area is 92.7 Å². The summed E-state index contributed by atoms with van der Waals surface area (Å²) in [6.07, 6.45) is 0. The van der Waals surface area contributed by atoms with E-state index in [2.05, 4.69) is 5.32 Å². The second-order valence-electron chi connectivity index (χ2n) is 3.67. The molecule has 1 aromatic rings. The number of nitrogens with one attached hydrogen (secondary N) is 1. The SMILES string of the molecule is O=C1NCC(c2cccc(F)c2)N1CCO. The molecule has 4 nitrogen and oxygen atoms in total. The fourth-order valence-corrected chi connectivity index (χ4v) is 1.91. The molecule has 0 saturated carbocycles. The average Bonchev–Trinajstić information content (AvgIpc) is 2.61. The van der Waals surface area contributed by atoms with Crippen LogP contribution in [0.2, 0.25) is 0 Å². The summed E-state index contributed by atoms with van der Waals surface area (Å²) in [5, 5.41) is 11.5. The van der Waals surface area contributed by atoms with Crippen molar-refractivity contribution in [1.82, 2.24) is 10.2 Å². The molecule has 1 fully saturated rings. The highest BCUT2D eigenvalue weighted by molar-refractivity contribution is 5.77. The van der Waals surface area contributed by atoms with Gasteiger partial charge in [0.15, 0.2) is 0 Å². The lowest BCUT2D eigenvalue weighted by atomic mass is 10.1. The molecule has 5 heteroatoms. The van der Waals surface area contributed by atoms with Crippen molar-refractivity contribution in [1.29, 1.82) is 0 Å². The number of carbonyl (C=O) groups is 1. The summed E-state index contributed by atoms with van der Waals surface area (Å²) in [6.45, 7) is 0.606. The Morgan fingerprint density at radius 2 is 2.38 bits per heavy atom. The molecule has 0 bridgehead atoms. The Kier molecular flexibility index (Phi) is 3.05. The largest absolute Gasteiger partial charge is 0.395 e. The number of hydrogen-bond donors (Lipinski definition) is 2. The highest BCUT2D eigenvalue weighted by Crippen LogP contribution is 2.24. The maximum atomic E-state index is 13.1. The van der Waals surface area contributed by atoms with Crippen LogP contribution in [-0.4, -0.2) is 35.7 Å². The molecule has 0 radical (unpaired) electrons. The van der Waals surface area contributed by atoms with Crippen LogP contribution >= 0.6 is 0 Å². The number of halogens is 1. The van der Waals surface area contributed by atoms with E-state index in [0.29, 0.717) is 6.54 Å². The molecule has 1 heterocycles. The van der Waals surface area contributed by atoms with Crippen LogP contribution in [0.25, 0.3) is 0 Å². The van der Waals surface area contributed by atoms with Gasteiger partial charge in [0.2, 0.25) is 0 Å². The number of aliphatic hydroxyl groups excluding tert-OH is 1. The van der Waals surface area contributed by atoms with Crippen molar-refractivity contribution in [2.24, 2.45) is 0 Å². The summed E-state index contributed by atoms with van der Waals surface area (Å²) in [5.41, 5.74) is 0.742. The summed E-state index contributed by atoms with van der Waals surface area (Å²) in [4.78, 5) is 13.0. The van der Waals surface area contributed by atoms with Crippen LogP contribution in [0.15, 0.2) is 24.3 Å². The number of amides is 2. The third kappa shape index (κ3) is 1.99. The van der Waals surface area contributed by atoms with Crippen molar-refractivity contribution in [3.05, 3.63) is 35.6 Å². The Morgan fingerprint density at radius 3 is 3.06 bits per heavy atom. The number of hydrogen-bond acceptors (Lipinski definition) is 2. The Balaban J connectivity index is 2.23. The first-order chi connectivity index (χ1) is 7.72. The normalized spacial score (nSPS) is 20.0. The molecule has 1 aromatic carbocycles. The van der Waals surface area contributed by atoms with Crippen molar-refractivity contribution in [3.8, 4) is 0 Å². The number of rotatable bonds is 3. The molecule has 1 aliphatic heterocycles. The predicted octanol–water partition coefficient (Wildman–Crippen LogP) is 0.884. The molecular weight excluding hydrogens is 211 g/mol. The van der Waals surface area contributed by atoms with E-state index in [0.717, 1.165) is 5.56 Å². The van der Waals surface area contributed by atoms with Gasteiger partial charge in [0.05, 0.1) is 12.6 Å². The second kappa shape index (κ2) is 4.49. The molecule has 0 aromatic heterocycles. The number of benzene rings is 1. The molecule has 2 amide bonds. The number of β-amino-alcohol motifs (C(OH)–C–C–N with tert-alkyl or cyclic N) is 1. The van der Waals surface area contributed by atoms with E-state index in [4.69, 9.17) is 5.11 Å². The average molecular weight is 224 g/mol. The van der Waals surface area contributed by atoms with Gasteiger partial charge in [-0.05, 0) is 17.7 Å². The van der Waals surface area contributed by atoms with E-state index in [1.165, 1.54) is 17.0 Å². The summed E-state index contributed by atoms with van der Waals surface area (Å²) in [6, 6.07) is 5.75. The second-order valence-corrected chi connectivity index (χ2v) is 3.67. The molecule has 1 atom stereocenters. The Morgan fingerprint density at radius 1 is 1.56 bits per heavy atom. The quantitative estimate of drug-likeness (QED) is 0.801. The van der Waals surface area contributed by atoms with Crippen LogP contribution < -0.4 is 5.32 Å². The number of urea groups is 1. The van der Waals surface area contributed by atoms with Gasteiger partial charge in [-0.3, -0.25) is 0 Å². The van der Waals surface area contributed by atoms with Crippen LogP contribution in [-0.2, 0) is 0 Å². The van der Waals surface area contributed by atoms with Crippen LogP contribution in [0.4, 0.5) is 9.18 Å². The predicted molar refractivity (Wildman–Crippen MR) is 56.3 cm³/mol. The highest BCUT2D eigenvalue weighted by atomic mass is 19.1. The van der Waals surface area contributed by atoms with Crippen molar-refractivity contribution in [2.45, 2.75) is 6.04 Å². The van der Waals surface area contributed by atoms with Gasteiger partial charge in [0.25, 0.3) is 0 Å². The minimum Gasteiger partial charge on any atom is -0.395 e. The molecule has 2 N–H and O–H groups in total. The van der Waals surface area contributed by atoms with Gasteiger partial charge < -0.3 is 15.3 Å². The summed E-state index contributed by atoms with van der Waals surface area (Å²) < 4.78 is 13.1. The maximum Gasteiger partial charge on any atom is 0.318 e. The summed E-state index contributed by atoms with van der Waals surface area (Å²) in [5.74, 6) is -0.319. The lowest BCUT2D eigenvalue weighted by molar-refractivity contribution is 0.179. The smallest absolute Gasteiger partial charge is 0.318 e. The Hall–Kier alpha value is -1.62. The standard InChI is InChI=1S/C11H13FN2O2/c12-9-3-1-2-8(6-9)10-7-13-11(16)14(10)4-5-15/h1-3,6,10,15H,4-5,7H2,(H,13,16). The number of carbonyl (C=O) groups excluding carboxylic acids is 1. The van der Waals surface area contributed by atoms with E-state index >= 15 is 0 Å². The topological polar surface area (TPSA) is 52.6 Å². The van der Waals surface area contributed by atoms with E-state index in [1.807, 2.05) is 0 Å². The number of aliphatic hydroxyl groups is 1. The highest BCUT2D eigenvalue weighted by Gasteiger charge is 2.31. The molecule has 16 heavy (non-hydrogen) atoms. The third-order valence-electron chi connectivity index (χ3n) is 2.66. The molecule has 86 valence electrons. The first-order valence-electron chi connectivity index (χ1n) is 5.13. The van der Waals surface area contributed by atoms with Gasteiger partial charge >= 0.3 is 6.03 Å². The summed E-state index contributed by atoms with van der Waals surface area (Å²) >= 11 is 0. The van der Waals surface area contributed by atoms with Crippen LogP contribution in [0, 0.1) is 5.82 Å². The zero-order valence-corrected chi connectivity index (χ0v) is 8.69. The van der Waals surface area contributed by atoms with Gasteiger partial charge in [-0.25, -0.2) is 9.18 Å². The fraction of sp³-hybridized carbons (Fsp3) is 0.364. The summed E-state index contributed by atoms with van der Waals surface area (Å²) in [7, 11) is 0. The van der Waals surface area contributed by atoms with Gasteiger partial charge in [0, 0.05) is 13.1 Å². The van der Waals surface area contributed by atoms with E-state index < -0.39 is 0 Å². The van der Waals surface area contributed by atoms with Crippen molar-refractivity contribution in [2.75, 3.05) is 19.7 Å². The molecular formula is C11H13FN2O2. The molecule has 1 aliphatic rings. The van der Waals surface area contributed by atoms with Crippen LogP contribution in [0.3, 0.4) is 0 Å². The van der Waals surface area contributed by atoms with Gasteiger partial charge in [-0.15, -0.1) is 0 Å². The lowest BCUT2D eigenvalue weighted by Gasteiger charge is -2.22. The maximum absolute atomic E-state index is 13.1. The number of nitrogens with zero attached hydrogens (tertiary/aromatic N) is 1. The van der Waals surface area contributed by atoms with E-state index in [1.54, 1.807) is 12.1 Å². The third-order valence-corrected chi connectivity index (χ3v) is 2.66. The zero-order chi connectivity index (χ0) is 11.5. The van der Waals surface area contributed by atoms with Gasteiger partial charge in [-0.1, -0.05) is 12.1 Å².